The second-order valence-electron chi connectivity index (χ2n) is 3.84. The van der Waals surface area contributed by atoms with E-state index >= 15 is 0 Å². The summed E-state index contributed by atoms with van der Waals surface area (Å²) in [6.07, 6.45) is 0. The molecule has 0 amide bonds. The van der Waals surface area contributed by atoms with E-state index in [1.54, 1.807) is 4.68 Å². The van der Waals surface area contributed by atoms with Gasteiger partial charge < -0.3 is 5.73 Å². The van der Waals surface area contributed by atoms with E-state index in [1.165, 1.54) is 0 Å². The van der Waals surface area contributed by atoms with Gasteiger partial charge in [0, 0.05) is 17.1 Å². The van der Waals surface area contributed by atoms with Gasteiger partial charge >= 0.3 is 0 Å². The van der Waals surface area contributed by atoms with Gasteiger partial charge in [0.1, 0.15) is 0 Å². The lowest BCUT2D eigenvalue weighted by molar-refractivity contribution is 0.818. The molecule has 1 heterocycles. The average molecular weight is 270 g/mol. The fourth-order valence-electron chi connectivity index (χ4n) is 1.81. The molecule has 1 aromatic heterocycles. The smallest absolute Gasteiger partial charge is 0.0848 e. The number of hydrogen-bond donors (Lipinski definition) is 1. The van der Waals surface area contributed by atoms with Crippen LogP contribution in [0.3, 0.4) is 0 Å². The minimum Gasteiger partial charge on any atom is -0.326 e. The van der Waals surface area contributed by atoms with Crippen molar-refractivity contribution in [2.75, 3.05) is 0 Å². The van der Waals surface area contributed by atoms with Gasteiger partial charge in [0.25, 0.3) is 0 Å². The Labute approximate surface area is 110 Å². The van der Waals surface area contributed by atoms with Crippen LogP contribution in [-0.2, 0) is 6.54 Å². The normalized spacial score (nSPS) is 10.9. The third-order valence-electron chi connectivity index (χ3n) is 2.73. The number of halogens is 2. The summed E-state index contributed by atoms with van der Waals surface area (Å²) in [6.45, 7) is 4.16. The molecule has 0 saturated heterocycles. The largest absolute Gasteiger partial charge is 0.326 e. The second-order valence-corrected chi connectivity index (χ2v) is 4.62. The molecule has 0 spiro atoms. The topological polar surface area (TPSA) is 43.8 Å². The number of hydrogen-bond acceptors (Lipinski definition) is 2. The lowest BCUT2D eigenvalue weighted by atomic mass is 10.1. The first-order valence-electron chi connectivity index (χ1n) is 5.25. The highest BCUT2D eigenvalue weighted by molar-refractivity contribution is 6.32. The van der Waals surface area contributed by atoms with Gasteiger partial charge in [-0.05, 0) is 26.0 Å². The van der Waals surface area contributed by atoms with Gasteiger partial charge in [0.05, 0.1) is 22.1 Å². The monoisotopic (exact) mass is 269 g/mol. The Bertz CT molecular complexity index is 561. The van der Waals surface area contributed by atoms with Crippen molar-refractivity contribution in [1.29, 1.82) is 0 Å². The number of rotatable bonds is 2. The summed E-state index contributed by atoms with van der Waals surface area (Å²) in [5.74, 6) is 0. The number of aromatic nitrogens is 2. The van der Waals surface area contributed by atoms with Crippen LogP contribution in [0.1, 0.15) is 17.0 Å². The van der Waals surface area contributed by atoms with Crippen LogP contribution in [0.4, 0.5) is 0 Å². The summed E-state index contributed by atoms with van der Waals surface area (Å²) in [7, 11) is 0. The molecule has 0 bridgehead atoms. The first-order chi connectivity index (χ1) is 8.06. The molecule has 0 aliphatic rings. The van der Waals surface area contributed by atoms with E-state index < -0.39 is 0 Å². The van der Waals surface area contributed by atoms with Gasteiger partial charge in [0.15, 0.2) is 0 Å². The minimum absolute atomic E-state index is 0.366. The molecule has 0 saturated carbocycles. The van der Waals surface area contributed by atoms with Crippen LogP contribution in [0, 0.1) is 13.8 Å². The molecule has 2 aromatic rings. The van der Waals surface area contributed by atoms with E-state index in [1.807, 2.05) is 32.0 Å². The fourth-order valence-corrected chi connectivity index (χ4v) is 2.17. The Morgan fingerprint density at radius 3 is 2.53 bits per heavy atom. The molecule has 2 N–H and O–H groups in total. The fraction of sp³-hybridized carbons (Fsp3) is 0.250. The van der Waals surface area contributed by atoms with E-state index in [2.05, 4.69) is 5.10 Å². The molecular formula is C12H13Cl2N3. The van der Waals surface area contributed by atoms with E-state index in [9.17, 15) is 0 Å². The Kier molecular flexibility index (Phi) is 3.43. The number of nitrogens with two attached hydrogens (primary N) is 1. The standard InChI is InChI=1S/C12H13Cl2N3/c1-7-12(14)8(2)17(16-7)11-5-3-4-10(13)9(11)6-15/h3-5H,6,15H2,1-2H3. The van der Waals surface area contributed by atoms with Crippen molar-refractivity contribution < 1.29 is 0 Å². The van der Waals surface area contributed by atoms with E-state index in [0.29, 0.717) is 16.6 Å². The van der Waals surface area contributed by atoms with Crippen LogP contribution in [0.25, 0.3) is 5.69 Å². The maximum Gasteiger partial charge on any atom is 0.0848 e. The minimum atomic E-state index is 0.366. The second kappa shape index (κ2) is 4.69. The summed E-state index contributed by atoms with van der Waals surface area (Å²) >= 11 is 12.3. The quantitative estimate of drug-likeness (QED) is 0.910. The van der Waals surface area contributed by atoms with Crippen LogP contribution < -0.4 is 5.73 Å². The average Bonchev–Trinajstić information content (AvgIpc) is 2.56. The summed E-state index contributed by atoms with van der Waals surface area (Å²) in [4.78, 5) is 0. The summed E-state index contributed by atoms with van der Waals surface area (Å²) in [5.41, 5.74) is 9.17. The maximum absolute atomic E-state index is 6.14. The van der Waals surface area contributed by atoms with E-state index in [4.69, 9.17) is 28.9 Å². The van der Waals surface area contributed by atoms with Crippen LogP contribution in [0.2, 0.25) is 10.0 Å². The van der Waals surface area contributed by atoms with Gasteiger partial charge in [-0.3, -0.25) is 0 Å². The highest BCUT2D eigenvalue weighted by Gasteiger charge is 2.14. The highest BCUT2D eigenvalue weighted by atomic mass is 35.5. The van der Waals surface area contributed by atoms with Gasteiger partial charge in [-0.25, -0.2) is 4.68 Å². The Hall–Kier alpha value is -1.03. The van der Waals surface area contributed by atoms with Gasteiger partial charge in [0.2, 0.25) is 0 Å². The van der Waals surface area contributed by atoms with E-state index in [0.717, 1.165) is 22.6 Å². The van der Waals surface area contributed by atoms with E-state index in [-0.39, 0.29) is 0 Å². The lowest BCUT2D eigenvalue weighted by Gasteiger charge is -2.11. The zero-order valence-corrected chi connectivity index (χ0v) is 11.2. The molecule has 1 aromatic carbocycles. The molecule has 0 unspecified atom stereocenters. The molecule has 90 valence electrons. The zero-order chi connectivity index (χ0) is 12.6. The van der Waals surface area contributed by atoms with Crippen LogP contribution in [-0.4, -0.2) is 9.78 Å². The molecule has 0 aliphatic carbocycles. The molecule has 0 fully saturated rings. The first-order valence-corrected chi connectivity index (χ1v) is 6.01. The van der Waals surface area contributed by atoms with Crippen molar-refractivity contribution >= 4 is 23.2 Å². The van der Waals surface area contributed by atoms with Gasteiger partial charge in [-0.1, -0.05) is 29.3 Å². The predicted molar refractivity (Wildman–Crippen MR) is 70.9 cm³/mol. The molecular weight excluding hydrogens is 257 g/mol. The van der Waals surface area contributed by atoms with Gasteiger partial charge in [-0.2, -0.15) is 5.10 Å². The maximum atomic E-state index is 6.14. The van der Waals surface area contributed by atoms with Crippen molar-refractivity contribution in [2.45, 2.75) is 20.4 Å². The third kappa shape index (κ3) is 2.06. The highest BCUT2D eigenvalue weighted by Crippen LogP contribution is 2.27. The third-order valence-corrected chi connectivity index (χ3v) is 3.63. The molecule has 0 radical (unpaired) electrons. The number of aryl methyl sites for hydroxylation is 1. The summed E-state index contributed by atoms with van der Waals surface area (Å²) < 4.78 is 1.78. The number of nitrogens with zero attached hydrogens (tertiary/aromatic N) is 2. The van der Waals surface area contributed by atoms with Crippen LogP contribution >= 0.6 is 23.2 Å². The van der Waals surface area contributed by atoms with Crippen molar-refractivity contribution in [3.05, 3.63) is 45.2 Å². The van der Waals surface area contributed by atoms with Crippen molar-refractivity contribution in [2.24, 2.45) is 5.73 Å². The Balaban J connectivity index is 2.68. The van der Waals surface area contributed by atoms with Crippen molar-refractivity contribution in [3.8, 4) is 5.69 Å². The summed E-state index contributed by atoms with van der Waals surface area (Å²) in [5, 5.41) is 5.72. The number of benzene rings is 1. The molecule has 17 heavy (non-hydrogen) atoms. The first kappa shape index (κ1) is 12.4. The predicted octanol–water partition coefficient (Wildman–Crippen LogP) is 3.25. The summed E-state index contributed by atoms with van der Waals surface area (Å²) in [6, 6.07) is 5.63. The van der Waals surface area contributed by atoms with Crippen LogP contribution in [0.5, 0.6) is 0 Å². The van der Waals surface area contributed by atoms with Crippen LogP contribution in [0.15, 0.2) is 18.2 Å². The zero-order valence-electron chi connectivity index (χ0n) is 9.67. The Morgan fingerprint density at radius 2 is 2.00 bits per heavy atom. The molecule has 0 atom stereocenters. The molecule has 2 rings (SSSR count). The van der Waals surface area contributed by atoms with Crippen molar-refractivity contribution in [3.63, 3.8) is 0 Å². The van der Waals surface area contributed by atoms with Crippen molar-refractivity contribution in [1.82, 2.24) is 9.78 Å². The molecule has 5 heteroatoms. The Morgan fingerprint density at radius 1 is 1.29 bits per heavy atom. The molecule has 0 aliphatic heterocycles. The van der Waals surface area contributed by atoms with Gasteiger partial charge in [-0.15, -0.1) is 0 Å². The molecule has 3 nitrogen and oxygen atoms in total. The SMILES string of the molecule is Cc1nn(-c2cccc(Cl)c2CN)c(C)c1Cl. The lowest BCUT2D eigenvalue weighted by Crippen LogP contribution is -2.07.